The summed E-state index contributed by atoms with van der Waals surface area (Å²) in [6, 6.07) is 13.0. The van der Waals surface area contributed by atoms with E-state index in [0.29, 0.717) is 5.70 Å². The van der Waals surface area contributed by atoms with E-state index in [9.17, 15) is 18.8 Å². The lowest BCUT2D eigenvalue weighted by Crippen LogP contribution is -2.37. The number of benzene rings is 2. The third kappa shape index (κ3) is 9.48. The van der Waals surface area contributed by atoms with E-state index in [2.05, 4.69) is 22.5 Å². The van der Waals surface area contributed by atoms with E-state index in [1.54, 1.807) is 0 Å². The number of amides is 3. The fourth-order valence-corrected chi connectivity index (χ4v) is 2.47. The number of nitrogens with one attached hydrogen (secondary N) is 3. The van der Waals surface area contributed by atoms with Crippen LogP contribution in [0.25, 0.3) is 0 Å². The first-order valence-corrected chi connectivity index (χ1v) is 9.98. The van der Waals surface area contributed by atoms with Crippen LogP contribution in [0, 0.1) is 5.82 Å². The van der Waals surface area contributed by atoms with E-state index in [1.807, 2.05) is 30.3 Å². The molecular weight excluding hydrogens is 441 g/mol. The van der Waals surface area contributed by atoms with E-state index in [0.717, 1.165) is 11.6 Å². The van der Waals surface area contributed by atoms with Crippen LogP contribution >= 0.6 is 11.6 Å². The Kier molecular flexibility index (Phi) is 9.99. The van der Waals surface area contributed by atoms with Crippen molar-refractivity contribution in [1.82, 2.24) is 16.0 Å². The summed E-state index contributed by atoms with van der Waals surface area (Å²) in [6.07, 6.45) is -0.451. The lowest BCUT2D eigenvalue weighted by Gasteiger charge is -2.11. The van der Waals surface area contributed by atoms with Crippen molar-refractivity contribution in [1.29, 1.82) is 0 Å². The van der Waals surface area contributed by atoms with Crippen molar-refractivity contribution in [3.8, 4) is 5.75 Å². The van der Waals surface area contributed by atoms with Gasteiger partial charge < -0.3 is 25.4 Å². The molecule has 0 bridgehead atoms. The number of ether oxygens (including phenoxy) is 2. The Hall–Kier alpha value is -3.59. The highest BCUT2D eigenvalue weighted by Gasteiger charge is 2.09. The predicted molar refractivity (Wildman–Crippen MR) is 116 cm³/mol. The number of rotatable bonds is 11. The van der Waals surface area contributed by atoms with Crippen LogP contribution in [-0.4, -0.2) is 37.6 Å². The summed E-state index contributed by atoms with van der Waals surface area (Å²) < 4.78 is 23.5. The number of hydrogen-bond acceptors (Lipinski definition) is 5. The highest BCUT2D eigenvalue weighted by molar-refractivity contribution is 6.30. The molecule has 3 amide bonds. The summed E-state index contributed by atoms with van der Waals surface area (Å²) in [6.45, 7) is 3.39. The quantitative estimate of drug-likeness (QED) is 0.475. The maximum absolute atomic E-state index is 13.3. The van der Waals surface area contributed by atoms with Crippen molar-refractivity contribution in [3.05, 3.63) is 77.2 Å². The number of hydrogen-bond donors (Lipinski definition) is 3. The lowest BCUT2D eigenvalue weighted by atomic mass is 10.2. The maximum atomic E-state index is 13.3. The minimum Gasteiger partial charge on any atom is -0.484 e. The fourth-order valence-electron chi connectivity index (χ4n) is 2.35. The zero-order chi connectivity index (χ0) is 23.3. The van der Waals surface area contributed by atoms with Crippen molar-refractivity contribution in [2.75, 3.05) is 19.7 Å². The first-order valence-electron chi connectivity index (χ1n) is 9.60. The average molecular weight is 464 g/mol. The number of halogens is 2. The molecule has 2 aromatic rings. The summed E-state index contributed by atoms with van der Waals surface area (Å²) >= 11 is 5.58. The number of carbonyl (C=O) groups excluding carboxylic acids is 3. The zero-order valence-electron chi connectivity index (χ0n) is 17.2. The summed E-state index contributed by atoms with van der Waals surface area (Å²) in [5.74, 6) is -1.38. The van der Waals surface area contributed by atoms with Crippen LogP contribution in [0.15, 0.2) is 60.8 Å². The van der Waals surface area contributed by atoms with Crippen molar-refractivity contribution < 1.29 is 28.2 Å². The molecule has 170 valence electrons. The molecule has 0 aliphatic rings. The second-order valence-electron chi connectivity index (χ2n) is 6.53. The Bertz CT molecular complexity index is 956. The summed E-state index contributed by atoms with van der Waals surface area (Å²) in [7, 11) is 0. The van der Waals surface area contributed by atoms with Gasteiger partial charge in [0.25, 0.3) is 5.91 Å². The van der Waals surface area contributed by atoms with E-state index in [4.69, 9.17) is 21.1 Å². The summed E-state index contributed by atoms with van der Waals surface area (Å²) in [5, 5.41) is 7.39. The predicted octanol–water partition coefficient (Wildman–Crippen LogP) is 2.92. The van der Waals surface area contributed by atoms with Gasteiger partial charge in [-0.1, -0.05) is 48.5 Å². The molecule has 0 atom stereocenters. The van der Waals surface area contributed by atoms with Gasteiger partial charge in [0.05, 0.1) is 5.02 Å². The molecule has 0 unspecified atom stereocenters. The average Bonchev–Trinajstić information content (AvgIpc) is 2.77. The minimum absolute atomic E-state index is 0.0402. The topological polar surface area (TPSA) is 106 Å². The molecule has 0 aliphatic carbocycles. The van der Waals surface area contributed by atoms with Gasteiger partial charge in [-0.05, 0) is 17.7 Å². The highest BCUT2D eigenvalue weighted by Crippen LogP contribution is 2.20. The second-order valence-corrected chi connectivity index (χ2v) is 6.94. The van der Waals surface area contributed by atoms with E-state index in [1.165, 1.54) is 12.1 Å². The molecule has 2 rings (SSSR count). The van der Waals surface area contributed by atoms with Crippen LogP contribution < -0.4 is 20.7 Å². The Morgan fingerprint density at radius 3 is 2.50 bits per heavy atom. The Labute approximate surface area is 189 Å². The molecule has 0 saturated heterocycles. The van der Waals surface area contributed by atoms with E-state index >= 15 is 0 Å². The smallest absolute Gasteiger partial charge is 0.407 e. The van der Waals surface area contributed by atoms with Gasteiger partial charge in [0.1, 0.15) is 24.7 Å². The molecule has 0 aromatic heterocycles. The standard InChI is InChI=1S/C22H23ClFN3O5/c1-15(9-10-25-21(29)14-31-17-7-8-18(23)19(24)11-17)27-20(28)12-26-22(30)32-13-16-5-3-2-4-6-16/h2-8,11H,1,9-10,12-14H2,(H,25,29)(H,26,30)(H,27,28). The van der Waals surface area contributed by atoms with Crippen LogP contribution in [0.3, 0.4) is 0 Å². The molecule has 3 N–H and O–H groups in total. The van der Waals surface area contributed by atoms with Crippen molar-refractivity contribution in [2.24, 2.45) is 0 Å². The summed E-state index contributed by atoms with van der Waals surface area (Å²) in [4.78, 5) is 35.3. The normalized spacial score (nSPS) is 10.1. The van der Waals surface area contributed by atoms with Gasteiger partial charge >= 0.3 is 6.09 Å². The van der Waals surface area contributed by atoms with Crippen LogP contribution in [0.5, 0.6) is 5.75 Å². The van der Waals surface area contributed by atoms with Crippen LogP contribution in [0.1, 0.15) is 12.0 Å². The number of carbonyl (C=O) groups is 3. The van der Waals surface area contributed by atoms with Gasteiger partial charge in [0.15, 0.2) is 6.61 Å². The van der Waals surface area contributed by atoms with Gasteiger partial charge in [-0.2, -0.15) is 0 Å². The SMILES string of the molecule is C=C(CCNC(=O)COc1ccc(Cl)c(F)c1)NC(=O)CNC(=O)OCc1ccccc1. The van der Waals surface area contributed by atoms with Gasteiger partial charge in [-0.25, -0.2) is 9.18 Å². The van der Waals surface area contributed by atoms with E-state index < -0.39 is 23.7 Å². The van der Waals surface area contributed by atoms with Crippen LogP contribution in [0.2, 0.25) is 5.02 Å². The van der Waals surface area contributed by atoms with Gasteiger partial charge in [-0.3, -0.25) is 9.59 Å². The summed E-state index contributed by atoms with van der Waals surface area (Å²) in [5.41, 5.74) is 1.18. The van der Waals surface area contributed by atoms with Crippen LogP contribution in [0.4, 0.5) is 9.18 Å². The Morgan fingerprint density at radius 2 is 1.78 bits per heavy atom. The minimum atomic E-state index is -0.720. The van der Waals surface area contributed by atoms with Crippen molar-refractivity contribution >= 4 is 29.5 Å². The fraction of sp³-hybridized carbons (Fsp3) is 0.227. The third-order valence-corrected chi connectivity index (χ3v) is 4.24. The largest absolute Gasteiger partial charge is 0.484 e. The van der Waals surface area contributed by atoms with E-state index in [-0.39, 0.29) is 43.5 Å². The zero-order valence-corrected chi connectivity index (χ0v) is 17.9. The van der Waals surface area contributed by atoms with Gasteiger partial charge in [0.2, 0.25) is 5.91 Å². The second kappa shape index (κ2) is 13.0. The molecule has 0 heterocycles. The highest BCUT2D eigenvalue weighted by atomic mass is 35.5. The first-order chi connectivity index (χ1) is 15.3. The number of alkyl carbamates (subject to hydrolysis) is 1. The lowest BCUT2D eigenvalue weighted by molar-refractivity contribution is -0.123. The first kappa shape index (κ1) is 24.7. The maximum Gasteiger partial charge on any atom is 0.407 e. The van der Waals surface area contributed by atoms with Crippen molar-refractivity contribution in [3.63, 3.8) is 0 Å². The molecule has 0 saturated carbocycles. The van der Waals surface area contributed by atoms with Gasteiger partial charge in [-0.15, -0.1) is 0 Å². The van der Waals surface area contributed by atoms with Crippen molar-refractivity contribution in [2.45, 2.75) is 13.0 Å². The van der Waals surface area contributed by atoms with Gasteiger partial charge in [0, 0.05) is 24.7 Å². The molecule has 8 nitrogen and oxygen atoms in total. The molecule has 0 aliphatic heterocycles. The molecule has 0 radical (unpaired) electrons. The third-order valence-electron chi connectivity index (χ3n) is 3.93. The Morgan fingerprint density at radius 1 is 1.03 bits per heavy atom. The van der Waals surface area contributed by atoms with Crippen LogP contribution in [-0.2, 0) is 20.9 Å². The molecule has 10 heteroatoms. The molecular formula is C22H23ClFN3O5. The molecule has 0 spiro atoms. The molecule has 0 fully saturated rings. The molecule has 32 heavy (non-hydrogen) atoms. The molecule has 2 aromatic carbocycles. The Balaban J connectivity index is 1.55. The monoisotopic (exact) mass is 463 g/mol.